The van der Waals surface area contributed by atoms with Crippen LogP contribution in [0.3, 0.4) is 0 Å². The average molecular weight is 412 g/mol. The minimum Gasteiger partial charge on any atom is -0.493 e. The molecule has 160 valence electrons. The first kappa shape index (κ1) is 21.5. The molecule has 2 aromatic rings. The van der Waals surface area contributed by atoms with Crippen molar-refractivity contribution in [2.75, 3.05) is 33.4 Å². The van der Waals surface area contributed by atoms with Gasteiger partial charge in [0.2, 0.25) is 5.91 Å². The molecule has 1 heterocycles. The molecule has 1 aliphatic heterocycles. The number of benzene rings is 2. The molecule has 1 aliphatic rings. The molecule has 3 rings (SSSR count). The third-order valence-corrected chi connectivity index (χ3v) is 4.97. The molecule has 0 aromatic heterocycles. The van der Waals surface area contributed by atoms with Gasteiger partial charge in [-0.25, -0.2) is 0 Å². The van der Waals surface area contributed by atoms with Crippen LogP contribution in [0.15, 0.2) is 54.6 Å². The van der Waals surface area contributed by atoms with E-state index in [0.717, 1.165) is 18.6 Å². The van der Waals surface area contributed by atoms with Crippen molar-refractivity contribution >= 4 is 11.8 Å². The molecule has 2 amide bonds. The van der Waals surface area contributed by atoms with Crippen LogP contribution in [0.1, 0.15) is 19.3 Å². The molecule has 0 spiro atoms. The zero-order valence-corrected chi connectivity index (χ0v) is 17.2. The summed E-state index contributed by atoms with van der Waals surface area (Å²) < 4.78 is 16.4. The maximum atomic E-state index is 12.4. The van der Waals surface area contributed by atoms with Gasteiger partial charge in [0.25, 0.3) is 5.91 Å². The Hall–Kier alpha value is -3.22. The number of carbonyl (C=O) groups is 2. The number of carbonyl (C=O) groups excluding carboxylic acids is 2. The monoisotopic (exact) mass is 412 g/mol. The zero-order valence-electron chi connectivity index (χ0n) is 17.2. The Morgan fingerprint density at radius 2 is 1.63 bits per heavy atom. The predicted octanol–water partition coefficient (Wildman–Crippen LogP) is 2.65. The molecular formula is C23H28N2O5. The van der Waals surface area contributed by atoms with E-state index in [1.54, 1.807) is 24.1 Å². The molecule has 0 radical (unpaired) electrons. The number of rotatable bonds is 9. The SMILES string of the molecule is COc1ccccc1OCC(=O)N1CCC(NC(=O)CCOc2ccccc2)CC1. The fraction of sp³-hybridized carbons (Fsp3) is 0.391. The van der Waals surface area contributed by atoms with Gasteiger partial charge in [-0.3, -0.25) is 9.59 Å². The molecule has 7 nitrogen and oxygen atoms in total. The number of hydrogen-bond donors (Lipinski definition) is 1. The van der Waals surface area contributed by atoms with Gasteiger partial charge in [-0.05, 0) is 37.1 Å². The molecule has 0 saturated carbocycles. The summed E-state index contributed by atoms with van der Waals surface area (Å²) in [4.78, 5) is 26.3. The van der Waals surface area contributed by atoms with E-state index < -0.39 is 0 Å². The van der Waals surface area contributed by atoms with Gasteiger partial charge in [0.05, 0.1) is 20.1 Å². The van der Waals surface area contributed by atoms with Crippen molar-refractivity contribution in [2.24, 2.45) is 0 Å². The number of nitrogens with zero attached hydrogens (tertiary/aromatic N) is 1. The van der Waals surface area contributed by atoms with E-state index >= 15 is 0 Å². The highest BCUT2D eigenvalue weighted by molar-refractivity contribution is 5.78. The first-order chi connectivity index (χ1) is 14.7. The van der Waals surface area contributed by atoms with Gasteiger partial charge in [0, 0.05) is 19.1 Å². The molecule has 7 heteroatoms. The van der Waals surface area contributed by atoms with Gasteiger partial charge in [-0.1, -0.05) is 30.3 Å². The Morgan fingerprint density at radius 3 is 2.33 bits per heavy atom. The maximum absolute atomic E-state index is 12.4. The van der Waals surface area contributed by atoms with Crippen LogP contribution < -0.4 is 19.5 Å². The van der Waals surface area contributed by atoms with E-state index in [1.807, 2.05) is 42.5 Å². The third kappa shape index (κ3) is 6.40. The number of nitrogens with one attached hydrogen (secondary N) is 1. The Kier molecular flexibility index (Phi) is 7.94. The number of para-hydroxylation sites is 3. The minimum absolute atomic E-state index is 0.0322. The molecule has 0 bridgehead atoms. The van der Waals surface area contributed by atoms with Crippen molar-refractivity contribution in [2.45, 2.75) is 25.3 Å². The second-order valence-corrected chi connectivity index (χ2v) is 7.07. The van der Waals surface area contributed by atoms with Crippen molar-refractivity contribution in [3.63, 3.8) is 0 Å². The zero-order chi connectivity index (χ0) is 21.2. The van der Waals surface area contributed by atoms with E-state index in [0.29, 0.717) is 37.6 Å². The van der Waals surface area contributed by atoms with Gasteiger partial charge in [0.15, 0.2) is 18.1 Å². The smallest absolute Gasteiger partial charge is 0.260 e. The van der Waals surface area contributed by atoms with Crippen LogP contribution in [0.2, 0.25) is 0 Å². The molecule has 1 saturated heterocycles. The maximum Gasteiger partial charge on any atom is 0.260 e. The highest BCUT2D eigenvalue weighted by atomic mass is 16.5. The summed E-state index contributed by atoms with van der Waals surface area (Å²) in [6.45, 7) is 1.50. The fourth-order valence-corrected chi connectivity index (χ4v) is 3.32. The predicted molar refractivity (Wildman–Crippen MR) is 113 cm³/mol. The quantitative estimate of drug-likeness (QED) is 0.685. The van der Waals surface area contributed by atoms with E-state index in [2.05, 4.69) is 5.32 Å². The van der Waals surface area contributed by atoms with Gasteiger partial charge < -0.3 is 24.4 Å². The van der Waals surface area contributed by atoms with Crippen LogP contribution in [-0.4, -0.2) is 56.2 Å². The van der Waals surface area contributed by atoms with E-state index in [4.69, 9.17) is 14.2 Å². The molecule has 0 atom stereocenters. The normalized spacial score (nSPS) is 14.1. The number of ether oxygens (including phenoxy) is 3. The lowest BCUT2D eigenvalue weighted by molar-refractivity contribution is -0.134. The number of hydrogen-bond acceptors (Lipinski definition) is 5. The van der Waals surface area contributed by atoms with Crippen molar-refractivity contribution in [3.05, 3.63) is 54.6 Å². The largest absolute Gasteiger partial charge is 0.493 e. The highest BCUT2D eigenvalue weighted by Crippen LogP contribution is 2.25. The summed E-state index contributed by atoms with van der Waals surface area (Å²) in [6, 6.07) is 16.8. The minimum atomic E-state index is -0.0676. The van der Waals surface area contributed by atoms with Crippen LogP contribution in [0.25, 0.3) is 0 Å². The topological polar surface area (TPSA) is 77.1 Å². The van der Waals surface area contributed by atoms with Crippen LogP contribution in [0.4, 0.5) is 0 Å². The van der Waals surface area contributed by atoms with Crippen molar-refractivity contribution in [1.29, 1.82) is 0 Å². The molecule has 1 fully saturated rings. The molecule has 30 heavy (non-hydrogen) atoms. The number of likely N-dealkylation sites (tertiary alicyclic amines) is 1. The fourth-order valence-electron chi connectivity index (χ4n) is 3.32. The van der Waals surface area contributed by atoms with Crippen LogP contribution in [-0.2, 0) is 9.59 Å². The molecule has 0 unspecified atom stereocenters. The summed E-state index contributed by atoms with van der Waals surface area (Å²) in [7, 11) is 1.57. The molecule has 2 aromatic carbocycles. The summed E-state index contributed by atoms with van der Waals surface area (Å²) in [5, 5.41) is 3.03. The summed E-state index contributed by atoms with van der Waals surface area (Å²) in [5.41, 5.74) is 0. The van der Waals surface area contributed by atoms with Gasteiger partial charge in [0.1, 0.15) is 5.75 Å². The lowest BCUT2D eigenvalue weighted by atomic mass is 10.0. The average Bonchev–Trinajstić information content (AvgIpc) is 2.79. The van der Waals surface area contributed by atoms with Gasteiger partial charge >= 0.3 is 0 Å². The molecule has 0 aliphatic carbocycles. The highest BCUT2D eigenvalue weighted by Gasteiger charge is 2.24. The van der Waals surface area contributed by atoms with Gasteiger partial charge in [-0.15, -0.1) is 0 Å². The third-order valence-electron chi connectivity index (χ3n) is 4.97. The lowest BCUT2D eigenvalue weighted by Gasteiger charge is -2.32. The standard InChI is InChI=1S/C23H28N2O5/c1-28-20-9-5-6-10-21(20)30-17-23(27)25-14-11-18(12-15-25)24-22(26)13-16-29-19-7-3-2-4-8-19/h2-10,18H,11-17H2,1H3,(H,24,26). The second kappa shape index (κ2) is 11.1. The summed E-state index contributed by atoms with van der Waals surface area (Å²) >= 11 is 0. The van der Waals surface area contributed by atoms with Crippen LogP contribution in [0.5, 0.6) is 17.2 Å². The molecule has 1 N–H and O–H groups in total. The molecular weight excluding hydrogens is 384 g/mol. The Labute approximate surface area is 176 Å². The first-order valence-electron chi connectivity index (χ1n) is 10.2. The Bertz CT molecular complexity index is 819. The number of methoxy groups -OCH3 is 1. The number of amides is 2. The van der Waals surface area contributed by atoms with Crippen LogP contribution in [0, 0.1) is 0 Å². The van der Waals surface area contributed by atoms with Crippen LogP contribution >= 0.6 is 0 Å². The number of piperidine rings is 1. The van der Waals surface area contributed by atoms with Crippen molar-refractivity contribution in [3.8, 4) is 17.2 Å². The van der Waals surface area contributed by atoms with E-state index in [9.17, 15) is 9.59 Å². The van der Waals surface area contributed by atoms with Crippen molar-refractivity contribution in [1.82, 2.24) is 10.2 Å². The summed E-state index contributed by atoms with van der Waals surface area (Å²) in [6.07, 6.45) is 1.76. The second-order valence-electron chi connectivity index (χ2n) is 7.07. The van der Waals surface area contributed by atoms with E-state index in [-0.39, 0.29) is 24.5 Å². The lowest BCUT2D eigenvalue weighted by Crippen LogP contribution is -2.47. The van der Waals surface area contributed by atoms with E-state index in [1.165, 1.54) is 0 Å². The Balaban J connectivity index is 1.33. The summed E-state index contributed by atoms with van der Waals surface area (Å²) in [5.74, 6) is 1.81. The first-order valence-corrected chi connectivity index (χ1v) is 10.2. The van der Waals surface area contributed by atoms with Gasteiger partial charge in [-0.2, -0.15) is 0 Å². The van der Waals surface area contributed by atoms with Crippen molar-refractivity contribution < 1.29 is 23.8 Å². The Morgan fingerprint density at radius 1 is 0.967 bits per heavy atom.